The van der Waals surface area contributed by atoms with E-state index in [4.69, 9.17) is 4.98 Å². The number of fused-ring (bicyclic) bond motifs is 1. The topological polar surface area (TPSA) is 85.1 Å². The third-order valence-electron chi connectivity index (χ3n) is 6.01. The van der Waals surface area contributed by atoms with E-state index in [0.29, 0.717) is 17.9 Å². The fourth-order valence-corrected chi connectivity index (χ4v) is 5.51. The molecule has 1 saturated heterocycles. The third-order valence-corrected chi connectivity index (χ3v) is 7.22. The van der Waals surface area contributed by atoms with Crippen molar-refractivity contribution in [3.63, 3.8) is 0 Å². The Balaban J connectivity index is 1.27. The number of hydrogen-bond donors (Lipinski definition) is 1. The van der Waals surface area contributed by atoms with E-state index in [-0.39, 0.29) is 5.91 Å². The summed E-state index contributed by atoms with van der Waals surface area (Å²) in [5, 5.41) is 13.2. The summed E-state index contributed by atoms with van der Waals surface area (Å²) in [5.74, 6) is 2.20. The van der Waals surface area contributed by atoms with E-state index in [1.165, 1.54) is 4.88 Å². The average Bonchev–Trinajstić information content (AvgIpc) is 3.33. The molecule has 1 amide bonds. The maximum Gasteiger partial charge on any atom is 0.226 e. The van der Waals surface area contributed by atoms with Crippen LogP contribution in [0.2, 0.25) is 0 Å². The number of aryl methyl sites for hydroxylation is 2. The zero-order valence-corrected chi connectivity index (χ0v) is 19.4. The summed E-state index contributed by atoms with van der Waals surface area (Å²) in [7, 11) is 0. The molecule has 3 heterocycles. The first-order valence-electron chi connectivity index (χ1n) is 11.1. The van der Waals surface area contributed by atoms with Gasteiger partial charge in [0.1, 0.15) is 22.7 Å². The summed E-state index contributed by atoms with van der Waals surface area (Å²) in [4.78, 5) is 27.7. The van der Waals surface area contributed by atoms with E-state index < -0.39 is 0 Å². The second kappa shape index (κ2) is 9.33. The minimum atomic E-state index is -0.00754. The molecule has 0 saturated carbocycles. The lowest BCUT2D eigenvalue weighted by Gasteiger charge is -2.35. The van der Waals surface area contributed by atoms with Crippen LogP contribution < -0.4 is 10.2 Å². The molecule has 2 aromatic rings. The van der Waals surface area contributed by atoms with E-state index in [9.17, 15) is 10.1 Å². The first-order chi connectivity index (χ1) is 14.9. The predicted molar refractivity (Wildman–Crippen MR) is 124 cm³/mol. The van der Waals surface area contributed by atoms with Crippen LogP contribution in [-0.2, 0) is 17.6 Å². The molecular weight excluding hydrogens is 408 g/mol. The van der Waals surface area contributed by atoms with Crippen LogP contribution in [0.15, 0.2) is 6.07 Å². The highest BCUT2D eigenvalue weighted by atomic mass is 32.1. The standard InChI is InChI=1S/C23H30N6OS/c1-15(2)22-25-16(3)13-20(26-22)29-11-9-28(10-12-29)8-7-21(30)27-23-18(14-24)17-5-4-6-19(17)31-23/h13,15H,4-12H2,1-3H3,(H,27,30). The SMILES string of the molecule is Cc1cc(N2CCN(CCC(=O)Nc3sc4c(c3C#N)CCC4)CC2)nc(C(C)C)n1. The van der Waals surface area contributed by atoms with Gasteiger partial charge < -0.3 is 10.2 Å². The lowest BCUT2D eigenvalue weighted by atomic mass is 10.1. The summed E-state index contributed by atoms with van der Waals surface area (Å²) in [6.07, 6.45) is 3.54. The zero-order chi connectivity index (χ0) is 22.0. The van der Waals surface area contributed by atoms with Gasteiger partial charge in [0.2, 0.25) is 5.91 Å². The van der Waals surface area contributed by atoms with Crippen molar-refractivity contribution in [2.45, 2.75) is 52.4 Å². The summed E-state index contributed by atoms with van der Waals surface area (Å²) in [6.45, 7) is 10.6. The van der Waals surface area contributed by atoms with E-state index in [1.807, 2.05) is 6.92 Å². The molecule has 31 heavy (non-hydrogen) atoms. The molecular formula is C23H30N6OS. The van der Waals surface area contributed by atoms with Crippen LogP contribution in [0.5, 0.6) is 0 Å². The molecule has 0 spiro atoms. The Morgan fingerprint density at radius 3 is 2.74 bits per heavy atom. The van der Waals surface area contributed by atoms with Crippen molar-refractivity contribution >= 4 is 28.1 Å². The van der Waals surface area contributed by atoms with Crippen LogP contribution in [0.4, 0.5) is 10.8 Å². The first kappa shape index (κ1) is 21.7. The van der Waals surface area contributed by atoms with Gasteiger partial charge in [0.05, 0.1) is 5.56 Å². The number of anilines is 2. The van der Waals surface area contributed by atoms with Crippen molar-refractivity contribution in [1.82, 2.24) is 14.9 Å². The fraction of sp³-hybridized carbons (Fsp3) is 0.565. The second-order valence-electron chi connectivity index (χ2n) is 8.68. The van der Waals surface area contributed by atoms with Gasteiger partial charge in [-0.25, -0.2) is 9.97 Å². The number of nitrogens with one attached hydrogen (secondary N) is 1. The normalized spacial score (nSPS) is 16.4. The summed E-state index contributed by atoms with van der Waals surface area (Å²) >= 11 is 1.58. The maximum atomic E-state index is 12.5. The lowest BCUT2D eigenvalue weighted by Crippen LogP contribution is -2.47. The van der Waals surface area contributed by atoms with Crippen molar-refractivity contribution in [2.24, 2.45) is 0 Å². The number of amides is 1. The number of nitrogens with zero attached hydrogens (tertiary/aromatic N) is 5. The van der Waals surface area contributed by atoms with Gasteiger partial charge >= 0.3 is 0 Å². The number of thiophene rings is 1. The monoisotopic (exact) mass is 438 g/mol. The highest BCUT2D eigenvalue weighted by Crippen LogP contribution is 2.38. The van der Waals surface area contributed by atoms with Crippen LogP contribution in [0.25, 0.3) is 0 Å². The minimum Gasteiger partial charge on any atom is -0.354 e. The van der Waals surface area contributed by atoms with Gasteiger partial charge in [-0.05, 0) is 31.7 Å². The Labute approximate surface area is 188 Å². The predicted octanol–water partition coefficient (Wildman–Crippen LogP) is 3.48. The molecule has 2 aromatic heterocycles. The molecule has 8 heteroatoms. The number of rotatable bonds is 6. The molecule has 0 atom stereocenters. The lowest BCUT2D eigenvalue weighted by molar-refractivity contribution is -0.116. The Kier molecular flexibility index (Phi) is 6.54. The summed E-state index contributed by atoms with van der Waals surface area (Å²) in [5.41, 5.74) is 2.84. The molecule has 0 radical (unpaired) electrons. The molecule has 7 nitrogen and oxygen atoms in total. The largest absolute Gasteiger partial charge is 0.354 e. The summed E-state index contributed by atoms with van der Waals surface area (Å²) < 4.78 is 0. The molecule has 0 unspecified atom stereocenters. The van der Waals surface area contributed by atoms with Crippen LogP contribution in [0.1, 0.15) is 60.1 Å². The van der Waals surface area contributed by atoms with Crippen molar-refractivity contribution in [3.05, 3.63) is 33.6 Å². The Hall–Kier alpha value is -2.50. The molecule has 1 N–H and O–H groups in total. The van der Waals surface area contributed by atoms with Gasteiger partial charge in [0.15, 0.2) is 0 Å². The van der Waals surface area contributed by atoms with E-state index >= 15 is 0 Å². The van der Waals surface area contributed by atoms with Crippen LogP contribution in [0, 0.1) is 18.3 Å². The number of carbonyl (C=O) groups excluding carboxylic acids is 1. The van der Waals surface area contributed by atoms with Gasteiger partial charge in [-0.2, -0.15) is 5.26 Å². The van der Waals surface area contributed by atoms with Crippen molar-refractivity contribution < 1.29 is 4.79 Å². The molecule has 164 valence electrons. The van der Waals surface area contributed by atoms with Crippen molar-refractivity contribution in [3.8, 4) is 6.07 Å². The number of piperazine rings is 1. The number of aromatic nitrogens is 2. The van der Waals surface area contributed by atoms with Crippen LogP contribution in [0.3, 0.4) is 0 Å². The molecule has 2 aliphatic rings. The smallest absolute Gasteiger partial charge is 0.226 e. The average molecular weight is 439 g/mol. The minimum absolute atomic E-state index is 0.00754. The van der Waals surface area contributed by atoms with Gasteiger partial charge in [0, 0.05) is 61.7 Å². The highest BCUT2D eigenvalue weighted by molar-refractivity contribution is 7.16. The Morgan fingerprint density at radius 2 is 2.03 bits per heavy atom. The molecule has 1 aliphatic heterocycles. The molecule has 4 rings (SSSR count). The van der Waals surface area contributed by atoms with Gasteiger partial charge in [-0.3, -0.25) is 9.69 Å². The quantitative estimate of drug-likeness (QED) is 0.743. The molecule has 0 aromatic carbocycles. The van der Waals surface area contributed by atoms with E-state index in [0.717, 1.165) is 79.9 Å². The number of carbonyl (C=O) groups is 1. The Morgan fingerprint density at radius 1 is 1.26 bits per heavy atom. The Bertz CT molecular complexity index is 1000. The van der Waals surface area contributed by atoms with Crippen molar-refractivity contribution in [2.75, 3.05) is 42.9 Å². The third kappa shape index (κ3) is 4.89. The van der Waals surface area contributed by atoms with E-state index in [1.54, 1.807) is 11.3 Å². The molecule has 1 aliphatic carbocycles. The van der Waals surface area contributed by atoms with Crippen LogP contribution in [-0.4, -0.2) is 53.5 Å². The van der Waals surface area contributed by atoms with Gasteiger partial charge in [0.25, 0.3) is 0 Å². The van der Waals surface area contributed by atoms with E-state index in [2.05, 4.69) is 46.1 Å². The zero-order valence-electron chi connectivity index (χ0n) is 18.6. The van der Waals surface area contributed by atoms with Crippen LogP contribution >= 0.6 is 11.3 Å². The highest BCUT2D eigenvalue weighted by Gasteiger charge is 2.24. The molecule has 0 bridgehead atoms. The molecule has 1 fully saturated rings. The maximum absolute atomic E-state index is 12.5. The number of nitriles is 1. The fourth-order valence-electron chi connectivity index (χ4n) is 4.25. The van der Waals surface area contributed by atoms with Gasteiger partial charge in [-0.15, -0.1) is 11.3 Å². The van der Waals surface area contributed by atoms with Crippen molar-refractivity contribution in [1.29, 1.82) is 5.26 Å². The summed E-state index contributed by atoms with van der Waals surface area (Å²) in [6, 6.07) is 4.35. The van der Waals surface area contributed by atoms with Gasteiger partial charge in [-0.1, -0.05) is 13.8 Å². The second-order valence-corrected chi connectivity index (χ2v) is 9.79. The number of hydrogen-bond acceptors (Lipinski definition) is 7. The first-order valence-corrected chi connectivity index (χ1v) is 11.9.